The van der Waals surface area contributed by atoms with Crippen LogP contribution in [0.2, 0.25) is 0 Å². The topological polar surface area (TPSA) is 117 Å². The molecule has 0 saturated carbocycles. The number of hydrogen-bond acceptors (Lipinski definition) is 11. The zero-order valence-corrected chi connectivity index (χ0v) is 17.4. The Morgan fingerprint density at radius 1 is 0.414 bits per heavy atom. The maximum absolute atomic E-state index is 11.2. The van der Waals surface area contributed by atoms with Gasteiger partial charge in [0.15, 0.2) is 0 Å². The molecule has 0 spiro atoms. The summed E-state index contributed by atoms with van der Waals surface area (Å²) in [5, 5.41) is 0. The van der Waals surface area contributed by atoms with E-state index in [0.29, 0.717) is 52.9 Å². The van der Waals surface area contributed by atoms with Crippen molar-refractivity contribution in [3.63, 3.8) is 0 Å². The third kappa shape index (κ3) is 22.5. The van der Waals surface area contributed by atoms with Crippen molar-refractivity contribution in [2.45, 2.75) is 13.8 Å². The van der Waals surface area contributed by atoms with Crippen LogP contribution in [0.4, 0.5) is 9.59 Å². The fourth-order valence-electron chi connectivity index (χ4n) is 1.65. The van der Waals surface area contributed by atoms with Crippen molar-refractivity contribution in [3.8, 4) is 0 Å². The molecule has 29 heavy (non-hydrogen) atoms. The maximum Gasteiger partial charge on any atom is 0.508 e. The zero-order valence-electron chi connectivity index (χ0n) is 17.4. The van der Waals surface area contributed by atoms with Crippen molar-refractivity contribution in [2.24, 2.45) is 0 Å². The summed E-state index contributed by atoms with van der Waals surface area (Å²) in [7, 11) is 0. The van der Waals surface area contributed by atoms with Crippen molar-refractivity contribution >= 4 is 12.3 Å². The van der Waals surface area contributed by atoms with Crippen LogP contribution in [0, 0.1) is 0 Å². The second-order valence-electron chi connectivity index (χ2n) is 5.12. The van der Waals surface area contributed by atoms with Gasteiger partial charge in [-0.1, -0.05) is 0 Å². The van der Waals surface area contributed by atoms with E-state index in [4.69, 9.17) is 42.6 Å². The molecule has 0 aliphatic rings. The molecule has 0 fully saturated rings. The molecule has 11 nitrogen and oxygen atoms in total. The fraction of sp³-hybridized carbons (Fsp3) is 0.889. The normalized spacial score (nSPS) is 10.6. The van der Waals surface area contributed by atoms with Crippen LogP contribution < -0.4 is 0 Å². The van der Waals surface area contributed by atoms with Gasteiger partial charge in [0, 0.05) is 13.2 Å². The minimum absolute atomic E-state index is 0.102. The van der Waals surface area contributed by atoms with E-state index in [-0.39, 0.29) is 39.6 Å². The highest BCUT2D eigenvalue weighted by atomic mass is 16.7. The van der Waals surface area contributed by atoms with Gasteiger partial charge in [-0.3, -0.25) is 0 Å². The summed E-state index contributed by atoms with van der Waals surface area (Å²) < 4.78 is 45.0. The Morgan fingerprint density at radius 2 is 0.655 bits per heavy atom. The van der Waals surface area contributed by atoms with Gasteiger partial charge < -0.3 is 42.6 Å². The van der Waals surface area contributed by atoms with Crippen LogP contribution >= 0.6 is 0 Å². The summed E-state index contributed by atoms with van der Waals surface area (Å²) in [5.41, 5.74) is 0. The molecule has 0 amide bonds. The summed E-state index contributed by atoms with van der Waals surface area (Å²) in [4.78, 5) is 22.3. The summed E-state index contributed by atoms with van der Waals surface area (Å²) in [5.74, 6) is 0. The van der Waals surface area contributed by atoms with Crippen LogP contribution in [0.25, 0.3) is 0 Å². The fourth-order valence-corrected chi connectivity index (χ4v) is 1.65. The Morgan fingerprint density at radius 3 is 0.931 bits per heavy atom. The van der Waals surface area contributed by atoms with E-state index in [1.807, 2.05) is 13.8 Å². The molecule has 0 bridgehead atoms. The van der Waals surface area contributed by atoms with Gasteiger partial charge in [-0.2, -0.15) is 0 Å². The van der Waals surface area contributed by atoms with Gasteiger partial charge in [-0.15, -0.1) is 0 Å². The van der Waals surface area contributed by atoms with Gasteiger partial charge in [0.05, 0.1) is 52.9 Å². The van der Waals surface area contributed by atoms with Crippen LogP contribution in [-0.2, 0) is 42.6 Å². The standard InChI is InChI=1S/C18H34O11/c1-3-21-9-13-26-17(19)28-15-11-24-7-5-23-6-8-25-12-16-29-18(20)27-14-10-22-4-2/h3-16H2,1-2H3. The monoisotopic (exact) mass is 426 g/mol. The number of ether oxygens (including phenoxy) is 9. The lowest BCUT2D eigenvalue weighted by atomic mass is 10.7. The molecule has 0 radical (unpaired) electrons. The van der Waals surface area contributed by atoms with E-state index in [9.17, 15) is 9.59 Å². The van der Waals surface area contributed by atoms with E-state index in [1.54, 1.807) is 0 Å². The quantitative estimate of drug-likeness (QED) is 0.208. The average molecular weight is 426 g/mol. The molecular weight excluding hydrogens is 392 g/mol. The Bertz CT molecular complexity index is 345. The van der Waals surface area contributed by atoms with Crippen LogP contribution in [0.1, 0.15) is 13.8 Å². The minimum Gasteiger partial charge on any atom is -0.432 e. The van der Waals surface area contributed by atoms with E-state index in [1.165, 1.54) is 0 Å². The van der Waals surface area contributed by atoms with E-state index < -0.39 is 12.3 Å². The molecule has 172 valence electrons. The molecule has 0 saturated heterocycles. The number of carbonyl (C=O) groups is 2. The molecule has 0 atom stereocenters. The summed E-state index contributed by atoms with van der Waals surface area (Å²) in [6, 6.07) is 0. The minimum atomic E-state index is -0.746. The van der Waals surface area contributed by atoms with Gasteiger partial charge in [0.25, 0.3) is 0 Å². The van der Waals surface area contributed by atoms with Crippen LogP contribution in [0.3, 0.4) is 0 Å². The number of rotatable bonds is 20. The number of hydrogen-bond donors (Lipinski definition) is 0. The van der Waals surface area contributed by atoms with Crippen LogP contribution in [-0.4, -0.2) is 105 Å². The van der Waals surface area contributed by atoms with Crippen molar-refractivity contribution in [2.75, 3.05) is 92.5 Å². The zero-order chi connectivity index (χ0) is 21.4. The molecule has 0 aromatic heterocycles. The Hall–Kier alpha value is -1.66. The first kappa shape index (κ1) is 27.3. The molecule has 0 aromatic rings. The highest BCUT2D eigenvalue weighted by Crippen LogP contribution is 1.89. The Kier molecular flexibility index (Phi) is 21.3. The van der Waals surface area contributed by atoms with Crippen molar-refractivity contribution in [3.05, 3.63) is 0 Å². The first-order valence-corrected chi connectivity index (χ1v) is 9.68. The van der Waals surface area contributed by atoms with Crippen LogP contribution in [0.15, 0.2) is 0 Å². The van der Waals surface area contributed by atoms with Crippen LogP contribution in [0.5, 0.6) is 0 Å². The van der Waals surface area contributed by atoms with Crippen molar-refractivity contribution in [1.29, 1.82) is 0 Å². The molecule has 0 aliphatic heterocycles. The lowest BCUT2D eigenvalue weighted by molar-refractivity contribution is -0.0152. The Labute approximate surface area is 171 Å². The molecule has 0 unspecified atom stereocenters. The summed E-state index contributed by atoms with van der Waals surface area (Å²) >= 11 is 0. The SMILES string of the molecule is CCOCCOC(=O)OCCOCCOCCOCCOC(=O)OCCOCC. The smallest absolute Gasteiger partial charge is 0.432 e. The summed E-state index contributed by atoms with van der Waals surface area (Å²) in [6.45, 7) is 8.05. The van der Waals surface area contributed by atoms with E-state index in [2.05, 4.69) is 0 Å². The molecule has 0 N–H and O–H groups in total. The average Bonchev–Trinajstić information content (AvgIpc) is 2.72. The van der Waals surface area contributed by atoms with E-state index in [0.717, 1.165) is 0 Å². The van der Waals surface area contributed by atoms with Gasteiger partial charge in [-0.25, -0.2) is 9.59 Å². The third-order valence-electron chi connectivity index (χ3n) is 2.94. The van der Waals surface area contributed by atoms with Gasteiger partial charge >= 0.3 is 12.3 Å². The van der Waals surface area contributed by atoms with Gasteiger partial charge in [0.2, 0.25) is 0 Å². The molecule has 11 heteroatoms. The van der Waals surface area contributed by atoms with E-state index >= 15 is 0 Å². The third-order valence-corrected chi connectivity index (χ3v) is 2.94. The number of carbonyl (C=O) groups excluding carboxylic acids is 2. The maximum atomic E-state index is 11.2. The lowest BCUT2D eigenvalue weighted by Crippen LogP contribution is -2.17. The predicted molar refractivity (Wildman–Crippen MR) is 100 cm³/mol. The first-order chi connectivity index (χ1) is 14.2. The molecule has 0 heterocycles. The summed E-state index contributed by atoms with van der Waals surface area (Å²) in [6.07, 6.45) is -1.49. The van der Waals surface area contributed by atoms with Crippen molar-refractivity contribution < 1.29 is 52.2 Å². The van der Waals surface area contributed by atoms with Crippen molar-refractivity contribution in [1.82, 2.24) is 0 Å². The van der Waals surface area contributed by atoms with Gasteiger partial charge in [-0.05, 0) is 13.8 Å². The van der Waals surface area contributed by atoms with Gasteiger partial charge in [0.1, 0.15) is 26.4 Å². The largest absolute Gasteiger partial charge is 0.508 e. The molecule has 0 aromatic carbocycles. The predicted octanol–water partition coefficient (Wildman–Crippen LogP) is 1.42. The molecule has 0 aliphatic carbocycles. The molecular formula is C18H34O11. The lowest BCUT2D eigenvalue weighted by Gasteiger charge is -2.08. The second-order valence-corrected chi connectivity index (χ2v) is 5.12. The highest BCUT2D eigenvalue weighted by Gasteiger charge is 2.04. The Balaban J connectivity index is 3.18. The first-order valence-electron chi connectivity index (χ1n) is 9.68. The molecule has 0 rings (SSSR count). The highest BCUT2D eigenvalue weighted by molar-refractivity contribution is 5.60. The second kappa shape index (κ2) is 22.6.